The number of likely N-dealkylation sites (N-methyl/N-ethyl adjacent to an activating group) is 1. The Labute approximate surface area is 270 Å². The summed E-state index contributed by atoms with van der Waals surface area (Å²) in [7, 11) is 1.45. The lowest BCUT2D eigenvalue weighted by molar-refractivity contribution is -0.149. The highest BCUT2D eigenvalue weighted by Gasteiger charge is 2.32. The molecular formula is C33H51F3N4O6. The Morgan fingerprint density at radius 3 is 2.48 bits per heavy atom. The van der Waals surface area contributed by atoms with Crippen LogP contribution in [-0.2, 0) is 9.53 Å². The Morgan fingerprint density at radius 1 is 1.11 bits per heavy atom. The molecule has 0 saturated heterocycles. The van der Waals surface area contributed by atoms with E-state index < -0.39 is 43.0 Å². The molecule has 1 aliphatic carbocycles. The van der Waals surface area contributed by atoms with Gasteiger partial charge in [-0.3, -0.25) is 9.59 Å². The van der Waals surface area contributed by atoms with E-state index in [9.17, 15) is 32.7 Å². The number of hydrogen-bond donors (Lipinski definition) is 3. The zero-order valence-electron chi connectivity index (χ0n) is 27.5. The number of benzene rings is 1. The first kappa shape index (κ1) is 37.4. The summed E-state index contributed by atoms with van der Waals surface area (Å²) in [6.45, 7) is 5.68. The van der Waals surface area contributed by atoms with E-state index in [4.69, 9.17) is 9.47 Å². The van der Waals surface area contributed by atoms with Gasteiger partial charge in [0.15, 0.2) is 0 Å². The lowest BCUT2D eigenvalue weighted by Gasteiger charge is -2.36. The molecule has 0 spiro atoms. The van der Waals surface area contributed by atoms with Crippen LogP contribution in [0.3, 0.4) is 0 Å². The normalized spacial score (nSPS) is 23.0. The first-order valence-corrected chi connectivity index (χ1v) is 16.5. The number of carbonyl (C=O) groups is 3. The van der Waals surface area contributed by atoms with Gasteiger partial charge >= 0.3 is 12.2 Å². The van der Waals surface area contributed by atoms with E-state index in [1.807, 2.05) is 13.8 Å². The summed E-state index contributed by atoms with van der Waals surface area (Å²) in [4.78, 5) is 42.3. The topological polar surface area (TPSA) is 120 Å². The fourth-order valence-corrected chi connectivity index (χ4v) is 5.87. The summed E-state index contributed by atoms with van der Waals surface area (Å²) < 4.78 is 50.6. The molecular weight excluding hydrogens is 605 g/mol. The van der Waals surface area contributed by atoms with Crippen molar-refractivity contribution in [3.63, 3.8) is 0 Å². The maximum absolute atomic E-state index is 14.2. The number of ether oxygens (including phenoxy) is 2. The molecule has 0 bridgehead atoms. The van der Waals surface area contributed by atoms with Gasteiger partial charge in [0, 0.05) is 50.8 Å². The van der Waals surface area contributed by atoms with E-state index in [0.717, 1.165) is 38.5 Å². The minimum atomic E-state index is -4.43. The van der Waals surface area contributed by atoms with Crippen LogP contribution < -0.4 is 15.4 Å². The van der Waals surface area contributed by atoms with E-state index in [1.165, 1.54) is 16.8 Å². The van der Waals surface area contributed by atoms with Crippen LogP contribution in [-0.4, -0.2) is 96.6 Å². The number of nitrogens with one attached hydrogen (secondary N) is 2. The van der Waals surface area contributed by atoms with Crippen LogP contribution in [0, 0.1) is 5.92 Å². The number of carbonyl (C=O) groups excluding carboxylic acids is 3. The average Bonchev–Trinajstić information content (AvgIpc) is 3.01. The van der Waals surface area contributed by atoms with Gasteiger partial charge in [-0.15, -0.1) is 0 Å². The van der Waals surface area contributed by atoms with Gasteiger partial charge in [0.05, 0.1) is 36.8 Å². The third-order valence-electron chi connectivity index (χ3n) is 8.75. The maximum Gasteiger partial charge on any atom is 0.389 e. The van der Waals surface area contributed by atoms with E-state index in [-0.39, 0.29) is 49.4 Å². The highest BCUT2D eigenvalue weighted by molar-refractivity contribution is 5.99. The molecule has 0 radical (unpaired) electrons. The van der Waals surface area contributed by atoms with Crippen LogP contribution in [0.1, 0.15) is 95.3 Å². The molecule has 2 aliphatic rings. The van der Waals surface area contributed by atoms with Crippen molar-refractivity contribution in [1.82, 2.24) is 15.1 Å². The van der Waals surface area contributed by atoms with Crippen molar-refractivity contribution in [3.05, 3.63) is 23.8 Å². The van der Waals surface area contributed by atoms with Crippen molar-refractivity contribution < 1.29 is 42.1 Å². The van der Waals surface area contributed by atoms with Crippen LogP contribution in [0.5, 0.6) is 5.75 Å². The zero-order chi connectivity index (χ0) is 33.9. The van der Waals surface area contributed by atoms with Gasteiger partial charge in [-0.2, -0.15) is 13.2 Å². The van der Waals surface area contributed by atoms with Gasteiger partial charge in [-0.25, -0.2) is 4.79 Å². The number of alkyl halides is 3. The molecule has 1 aromatic rings. The van der Waals surface area contributed by atoms with Crippen molar-refractivity contribution in [1.29, 1.82) is 0 Å². The molecule has 13 heteroatoms. The first-order valence-electron chi connectivity index (χ1n) is 16.5. The van der Waals surface area contributed by atoms with Crippen LogP contribution >= 0.6 is 0 Å². The summed E-state index contributed by atoms with van der Waals surface area (Å²) in [6, 6.07) is 4.10. The Balaban J connectivity index is 1.86. The lowest BCUT2D eigenvalue weighted by atomic mass is 9.96. The number of fused-ring (bicyclic) bond motifs is 1. The number of amides is 4. The number of hydrogen-bond acceptors (Lipinski definition) is 6. The van der Waals surface area contributed by atoms with Crippen molar-refractivity contribution in [2.24, 2.45) is 5.92 Å². The van der Waals surface area contributed by atoms with Gasteiger partial charge in [0.25, 0.3) is 5.91 Å². The fraction of sp³-hybridized carbons (Fsp3) is 0.727. The molecule has 1 aliphatic heterocycles. The van der Waals surface area contributed by atoms with Gasteiger partial charge < -0.3 is 35.0 Å². The quantitative estimate of drug-likeness (QED) is 0.329. The SMILES string of the molecule is C[C@@H]1CN([C@@H](C)CO)C(=O)c2cc(NC(=O)NC3CCCCC3)ccc2O[C@@H](C)CCCCO[C@@H]1CN(C)C(=O)CCC(F)(F)F. The van der Waals surface area contributed by atoms with Gasteiger partial charge in [0.1, 0.15) is 5.75 Å². The van der Waals surface area contributed by atoms with E-state index >= 15 is 0 Å². The lowest BCUT2D eigenvalue weighted by Crippen LogP contribution is -2.48. The molecule has 3 rings (SSSR count). The number of urea groups is 1. The number of nitrogens with zero attached hydrogens (tertiary/aromatic N) is 2. The number of anilines is 1. The molecule has 46 heavy (non-hydrogen) atoms. The Bertz CT molecular complexity index is 1150. The molecule has 1 fully saturated rings. The average molecular weight is 657 g/mol. The van der Waals surface area contributed by atoms with Crippen LogP contribution in [0.25, 0.3) is 0 Å². The minimum Gasteiger partial charge on any atom is -0.490 e. The second-order valence-electron chi connectivity index (χ2n) is 12.8. The summed E-state index contributed by atoms with van der Waals surface area (Å²) in [6.07, 6.45) is 0.193. The standard InChI is InChI=1S/C33H51F3N4O6/c1-22-19-40(23(2)21-41)31(43)27-18-26(38-32(44)37-25-11-6-5-7-12-25)13-14-28(27)46-24(3)10-8-9-17-45-29(22)20-39(4)30(42)15-16-33(34,35)36/h13-14,18,22-25,29,41H,5-12,15-17,19-21H2,1-4H3,(H2,37,38,44)/t22-,23+,24+,29-/m1/s1. The second-order valence-corrected chi connectivity index (χ2v) is 12.8. The van der Waals surface area contributed by atoms with E-state index in [2.05, 4.69) is 10.6 Å². The summed E-state index contributed by atoms with van der Waals surface area (Å²) in [5.41, 5.74) is 0.645. The van der Waals surface area contributed by atoms with Crippen LogP contribution in [0.2, 0.25) is 0 Å². The molecule has 1 aromatic carbocycles. The molecule has 4 atom stereocenters. The Hall–Kier alpha value is -3.06. The van der Waals surface area contributed by atoms with E-state index in [1.54, 1.807) is 25.1 Å². The summed E-state index contributed by atoms with van der Waals surface area (Å²) in [5, 5.41) is 16.0. The molecule has 1 saturated carbocycles. The first-order chi connectivity index (χ1) is 21.8. The van der Waals surface area contributed by atoms with Crippen molar-refractivity contribution in [2.75, 3.05) is 38.7 Å². The fourth-order valence-electron chi connectivity index (χ4n) is 5.87. The highest BCUT2D eigenvalue weighted by atomic mass is 19.4. The molecule has 260 valence electrons. The van der Waals surface area contributed by atoms with Gasteiger partial charge in [-0.05, 0) is 64.2 Å². The number of aliphatic hydroxyl groups excluding tert-OH is 1. The Morgan fingerprint density at radius 2 is 1.80 bits per heavy atom. The third kappa shape index (κ3) is 11.9. The summed E-state index contributed by atoms with van der Waals surface area (Å²) >= 11 is 0. The van der Waals surface area contributed by atoms with Crippen molar-refractivity contribution >= 4 is 23.5 Å². The predicted octanol–water partition coefficient (Wildman–Crippen LogP) is 5.74. The second kappa shape index (κ2) is 17.7. The smallest absolute Gasteiger partial charge is 0.389 e. The number of halogens is 3. The minimum absolute atomic E-state index is 0.0493. The highest BCUT2D eigenvalue weighted by Crippen LogP contribution is 2.29. The van der Waals surface area contributed by atoms with Gasteiger partial charge in [-0.1, -0.05) is 26.2 Å². The van der Waals surface area contributed by atoms with Crippen LogP contribution in [0.15, 0.2) is 18.2 Å². The zero-order valence-corrected chi connectivity index (χ0v) is 27.5. The molecule has 0 aromatic heterocycles. The molecule has 10 nitrogen and oxygen atoms in total. The van der Waals surface area contributed by atoms with Crippen molar-refractivity contribution in [2.45, 2.75) is 115 Å². The third-order valence-corrected chi connectivity index (χ3v) is 8.75. The maximum atomic E-state index is 14.2. The Kier molecular flexibility index (Phi) is 14.4. The molecule has 3 N–H and O–H groups in total. The van der Waals surface area contributed by atoms with Gasteiger partial charge in [0.2, 0.25) is 5.91 Å². The monoisotopic (exact) mass is 656 g/mol. The molecule has 0 unspecified atom stereocenters. The van der Waals surface area contributed by atoms with Crippen LogP contribution in [0.4, 0.5) is 23.7 Å². The molecule has 4 amide bonds. The van der Waals surface area contributed by atoms with Crippen molar-refractivity contribution in [3.8, 4) is 5.75 Å². The largest absolute Gasteiger partial charge is 0.490 e. The van der Waals surface area contributed by atoms with E-state index in [0.29, 0.717) is 30.9 Å². The predicted molar refractivity (Wildman–Crippen MR) is 169 cm³/mol. The summed E-state index contributed by atoms with van der Waals surface area (Å²) in [5.74, 6) is -1.06. The number of rotatable bonds is 8. The molecule has 1 heterocycles. The number of aliphatic hydroxyl groups is 1.